The maximum Gasteiger partial charge on any atom is 0.325 e. The summed E-state index contributed by atoms with van der Waals surface area (Å²) >= 11 is 12.0. The first kappa shape index (κ1) is 21.0. The summed E-state index contributed by atoms with van der Waals surface area (Å²) in [5.41, 5.74) is -1.09. The van der Waals surface area contributed by atoms with Crippen LogP contribution < -0.4 is 16.0 Å². The van der Waals surface area contributed by atoms with E-state index in [4.69, 9.17) is 23.2 Å². The molecule has 1 aliphatic rings. The van der Waals surface area contributed by atoms with Gasteiger partial charge in [0.2, 0.25) is 5.91 Å². The molecule has 0 unspecified atom stereocenters. The highest BCUT2D eigenvalue weighted by atomic mass is 35.5. The number of imide groups is 2. The van der Waals surface area contributed by atoms with Gasteiger partial charge in [-0.1, -0.05) is 43.1 Å². The number of nitrogens with one attached hydrogen (secondary N) is 3. The smallest absolute Gasteiger partial charge is 0.325 e. The van der Waals surface area contributed by atoms with Gasteiger partial charge in [-0.2, -0.15) is 0 Å². The molecule has 1 aliphatic heterocycles. The number of benzene rings is 1. The standard InChI is InChI=1S/C17H20Cl2N4O4/c1-9(2)7-20-15(26)21-13(24)8-23-14(25)17(3,22-16(23)27)11-5-4-10(18)6-12(11)19/h4-6,9H,7-8H2,1-3H3,(H,22,27)(H2,20,21,24,26)/t17-/m1/s1. The number of halogens is 2. The molecule has 27 heavy (non-hydrogen) atoms. The zero-order chi connectivity index (χ0) is 20.4. The summed E-state index contributed by atoms with van der Waals surface area (Å²) in [6.45, 7) is 5.07. The highest BCUT2D eigenvalue weighted by Gasteiger charge is 2.50. The third-order valence-corrected chi connectivity index (χ3v) is 4.52. The van der Waals surface area contributed by atoms with Gasteiger partial charge in [0.05, 0.1) is 0 Å². The van der Waals surface area contributed by atoms with Gasteiger partial charge >= 0.3 is 12.1 Å². The first-order valence-corrected chi connectivity index (χ1v) is 8.97. The third-order valence-electron chi connectivity index (χ3n) is 3.97. The fourth-order valence-corrected chi connectivity index (χ4v) is 3.17. The fourth-order valence-electron chi connectivity index (χ4n) is 2.57. The summed E-state index contributed by atoms with van der Waals surface area (Å²) in [6.07, 6.45) is 0. The van der Waals surface area contributed by atoms with Crippen LogP contribution >= 0.6 is 23.2 Å². The monoisotopic (exact) mass is 414 g/mol. The van der Waals surface area contributed by atoms with Gasteiger partial charge in [0.25, 0.3) is 5.91 Å². The van der Waals surface area contributed by atoms with Crippen molar-refractivity contribution < 1.29 is 19.2 Å². The number of amides is 6. The molecule has 1 heterocycles. The predicted molar refractivity (Wildman–Crippen MR) is 100 cm³/mol. The Morgan fingerprint density at radius 2 is 1.93 bits per heavy atom. The topological polar surface area (TPSA) is 108 Å². The molecule has 1 aromatic carbocycles. The molecule has 6 amide bonds. The van der Waals surface area contributed by atoms with Crippen LogP contribution in [0.4, 0.5) is 9.59 Å². The van der Waals surface area contributed by atoms with E-state index in [1.165, 1.54) is 19.1 Å². The fraction of sp³-hybridized carbons (Fsp3) is 0.412. The van der Waals surface area contributed by atoms with Gasteiger partial charge in [-0.25, -0.2) is 9.59 Å². The van der Waals surface area contributed by atoms with E-state index in [-0.39, 0.29) is 10.9 Å². The van der Waals surface area contributed by atoms with Crippen molar-refractivity contribution in [1.29, 1.82) is 0 Å². The van der Waals surface area contributed by atoms with Crippen molar-refractivity contribution in [3.8, 4) is 0 Å². The minimum Gasteiger partial charge on any atom is -0.338 e. The minimum absolute atomic E-state index is 0.206. The zero-order valence-corrected chi connectivity index (χ0v) is 16.6. The van der Waals surface area contributed by atoms with Gasteiger partial charge in [-0.05, 0) is 25.0 Å². The Kier molecular flexibility index (Phi) is 6.33. The zero-order valence-electron chi connectivity index (χ0n) is 15.1. The Hall–Kier alpha value is -2.32. The number of nitrogens with zero attached hydrogens (tertiary/aromatic N) is 1. The lowest BCUT2D eigenvalue weighted by Gasteiger charge is -2.23. The van der Waals surface area contributed by atoms with Crippen molar-refractivity contribution in [3.05, 3.63) is 33.8 Å². The number of hydrogen-bond donors (Lipinski definition) is 3. The van der Waals surface area contributed by atoms with Crippen LogP contribution in [-0.4, -0.2) is 41.9 Å². The molecule has 146 valence electrons. The van der Waals surface area contributed by atoms with Crippen LogP contribution in [0.15, 0.2) is 18.2 Å². The predicted octanol–water partition coefficient (Wildman–Crippen LogP) is 2.24. The van der Waals surface area contributed by atoms with Crippen molar-refractivity contribution >= 4 is 47.1 Å². The van der Waals surface area contributed by atoms with Crippen LogP contribution in [0.2, 0.25) is 10.0 Å². The second kappa shape index (κ2) is 8.14. The van der Waals surface area contributed by atoms with Crippen molar-refractivity contribution in [2.75, 3.05) is 13.1 Å². The van der Waals surface area contributed by atoms with Gasteiger partial charge in [0, 0.05) is 22.2 Å². The molecule has 3 N–H and O–H groups in total. The van der Waals surface area contributed by atoms with E-state index in [1.54, 1.807) is 6.07 Å². The van der Waals surface area contributed by atoms with E-state index in [0.717, 1.165) is 4.90 Å². The second-order valence-corrected chi connectivity index (χ2v) is 7.57. The van der Waals surface area contributed by atoms with Gasteiger partial charge in [-0.3, -0.25) is 19.8 Å². The van der Waals surface area contributed by atoms with Gasteiger partial charge in [0.15, 0.2) is 0 Å². The lowest BCUT2D eigenvalue weighted by atomic mass is 9.92. The van der Waals surface area contributed by atoms with E-state index < -0.39 is 36.0 Å². The van der Waals surface area contributed by atoms with E-state index in [1.807, 2.05) is 13.8 Å². The van der Waals surface area contributed by atoms with Crippen LogP contribution in [0.5, 0.6) is 0 Å². The molecule has 1 aromatic rings. The highest BCUT2D eigenvalue weighted by Crippen LogP contribution is 2.34. The Balaban J connectivity index is 2.09. The molecular formula is C17H20Cl2N4O4. The average molecular weight is 415 g/mol. The molecular weight excluding hydrogens is 395 g/mol. The molecule has 0 spiro atoms. The quantitative estimate of drug-likeness (QED) is 0.641. The van der Waals surface area contributed by atoms with E-state index >= 15 is 0 Å². The number of hydrogen-bond acceptors (Lipinski definition) is 4. The molecule has 0 aliphatic carbocycles. The second-order valence-electron chi connectivity index (χ2n) is 6.72. The number of rotatable bonds is 5. The Labute approximate surface area is 166 Å². The normalized spacial score (nSPS) is 19.3. The summed E-state index contributed by atoms with van der Waals surface area (Å²) in [4.78, 5) is 49.4. The Morgan fingerprint density at radius 1 is 1.26 bits per heavy atom. The Bertz CT molecular complexity index is 799. The van der Waals surface area contributed by atoms with E-state index in [0.29, 0.717) is 17.1 Å². The third kappa shape index (κ3) is 4.70. The number of urea groups is 2. The maximum atomic E-state index is 12.8. The van der Waals surface area contributed by atoms with E-state index in [2.05, 4.69) is 16.0 Å². The molecule has 0 aromatic heterocycles. The molecule has 8 nitrogen and oxygen atoms in total. The van der Waals surface area contributed by atoms with Crippen LogP contribution in [-0.2, 0) is 15.1 Å². The Morgan fingerprint density at radius 3 is 2.52 bits per heavy atom. The van der Waals surface area contributed by atoms with Crippen molar-refractivity contribution in [1.82, 2.24) is 20.9 Å². The van der Waals surface area contributed by atoms with Gasteiger partial charge in [-0.15, -0.1) is 0 Å². The SMILES string of the molecule is CC(C)CNC(=O)NC(=O)CN1C(=O)N[C@](C)(c2ccc(Cl)cc2Cl)C1=O. The van der Waals surface area contributed by atoms with Crippen LogP contribution in [0.1, 0.15) is 26.3 Å². The summed E-state index contributed by atoms with van der Waals surface area (Å²) in [7, 11) is 0. The summed E-state index contributed by atoms with van der Waals surface area (Å²) < 4.78 is 0. The summed E-state index contributed by atoms with van der Waals surface area (Å²) in [6, 6.07) is 3.08. The largest absolute Gasteiger partial charge is 0.338 e. The van der Waals surface area contributed by atoms with Crippen molar-refractivity contribution in [2.45, 2.75) is 26.3 Å². The summed E-state index contributed by atoms with van der Waals surface area (Å²) in [5, 5.41) is 7.72. The average Bonchev–Trinajstić information content (AvgIpc) is 2.76. The van der Waals surface area contributed by atoms with Crippen LogP contribution in [0.3, 0.4) is 0 Å². The lowest BCUT2D eigenvalue weighted by molar-refractivity contribution is -0.134. The number of carbonyl (C=O) groups excluding carboxylic acids is 4. The van der Waals surface area contributed by atoms with Gasteiger partial charge in [0.1, 0.15) is 12.1 Å². The number of carbonyl (C=O) groups is 4. The highest BCUT2D eigenvalue weighted by molar-refractivity contribution is 6.35. The lowest BCUT2D eigenvalue weighted by Crippen LogP contribution is -2.47. The molecule has 1 atom stereocenters. The molecule has 2 rings (SSSR count). The molecule has 0 bridgehead atoms. The van der Waals surface area contributed by atoms with Crippen LogP contribution in [0.25, 0.3) is 0 Å². The molecule has 0 saturated carbocycles. The van der Waals surface area contributed by atoms with Gasteiger partial charge < -0.3 is 10.6 Å². The van der Waals surface area contributed by atoms with Crippen molar-refractivity contribution in [2.24, 2.45) is 5.92 Å². The molecule has 1 fully saturated rings. The van der Waals surface area contributed by atoms with Crippen LogP contribution in [0, 0.1) is 5.92 Å². The summed E-state index contributed by atoms with van der Waals surface area (Å²) in [5.74, 6) is -1.23. The van der Waals surface area contributed by atoms with Crippen molar-refractivity contribution in [3.63, 3.8) is 0 Å². The minimum atomic E-state index is -1.45. The van der Waals surface area contributed by atoms with E-state index in [9.17, 15) is 19.2 Å². The first-order chi connectivity index (χ1) is 12.5. The maximum absolute atomic E-state index is 12.8. The molecule has 1 saturated heterocycles. The molecule has 10 heteroatoms. The first-order valence-electron chi connectivity index (χ1n) is 8.22. The molecule has 0 radical (unpaired) electrons.